The first-order valence-electron chi connectivity index (χ1n) is 7.46. The molecule has 1 rings (SSSR count). The molecular weight excluding hydrogens is 270 g/mol. The number of hydrogen-bond donors (Lipinski definition) is 2. The Morgan fingerprint density at radius 1 is 1.19 bits per heavy atom. The van der Waals surface area contributed by atoms with Gasteiger partial charge >= 0.3 is 0 Å². The molecule has 0 bridgehead atoms. The fraction of sp³-hybridized carbons (Fsp3) is 0.625. The summed E-state index contributed by atoms with van der Waals surface area (Å²) in [6.45, 7) is 8.25. The largest absolute Gasteiger partial charge is 0.492 e. The number of para-hydroxylation sites is 2. The highest BCUT2D eigenvalue weighted by molar-refractivity contribution is 5.56. The summed E-state index contributed by atoms with van der Waals surface area (Å²) in [7, 11) is 0. The number of nitrogens with one attached hydrogen (secondary N) is 1. The number of hydrogen-bond acceptors (Lipinski definition) is 5. The molecule has 21 heavy (non-hydrogen) atoms. The molecule has 0 radical (unpaired) electrons. The first-order valence-corrected chi connectivity index (χ1v) is 7.46. The summed E-state index contributed by atoms with van der Waals surface area (Å²) < 4.78 is 16.2. The molecule has 120 valence electrons. The van der Waals surface area contributed by atoms with Gasteiger partial charge in [0.15, 0.2) is 0 Å². The van der Waals surface area contributed by atoms with E-state index in [2.05, 4.69) is 5.32 Å². The summed E-state index contributed by atoms with van der Waals surface area (Å²) in [6.07, 6.45) is -0.367. The SMILES string of the molecule is CCOc1ccccc1NCC(O)COCCOC(C)C. The Hall–Kier alpha value is -1.30. The first-order chi connectivity index (χ1) is 10.1. The van der Waals surface area contributed by atoms with Gasteiger partial charge in [0, 0.05) is 6.54 Å². The number of aliphatic hydroxyl groups is 1. The van der Waals surface area contributed by atoms with Gasteiger partial charge in [-0.25, -0.2) is 0 Å². The van der Waals surface area contributed by atoms with Crippen LogP contribution in [0.4, 0.5) is 5.69 Å². The average molecular weight is 297 g/mol. The van der Waals surface area contributed by atoms with E-state index >= 15 is 0 Å². The van der Waals surface area contributed by atoms with E-state index in [1.54, 1.807) is 0 Å². The maximum atomic E-state index is 9.87. The lowest BCUT2D eigenvalue weighted by Crippen LogP contribution is -2.26. The quantitative estimate of drug-likeness (QED) is 0.614. The van der Waals surface area contributed by atoms with Gasteiger partial charge in [0.1, 0.15) is 5.75 Å². The Morgan fingerprint density at radius 3 is 2.67 bits per heavy atom. The van der Waals surface area contributed by atoms with Gasteiger partial charge in [-0.1, -0.05) is 12.1 Å². The lowest BCUT2D eigenvalue weighted by molar-refractivity contribution is -0.00734. The zero-order valence-electron chi connectivity index (χ0n) is 13.2. The van der Waals surface area contributed by atoms with Gasteiger partial charge in [-0.15, -0.1) is 0 Å². The van der Waals surface area contributed by atoms with Crippen LogP contribution in [0.15, 0.2) is 24.3 Å². The van der Waals surface area contributed by atoms with E-state index in [0.717, 1.165) is 11.4 Å². The van der Waals surface area contributed by atoms with Crippen molar-refractivity contribution in [3.63, 3.8) is 0 Å². The summed E-state index contributed by atoms with van der Waals surface area (Å²) in [5.41, 5.74) is 0.876. The highest BCUT2D eigenvalue weighted by Crippen LogP contribution is 2.23. The summed E-state index contributed by atoms with van der Waals surface area (Å²) in [4.78, 5) is 0. The zero-order chi connectivity index (χ0) is 15.5. The number of benzene rings is 1. The van der Waals surface area contributed by atoms with Crippen molar-refractivity contribution in [2.45, 2.75) is 33.0 Å². The van der Waals surface area contributed by atoms with Crippen molar-refractivity contribution in [2.24, 2.45) is 0 Å². The van der Waals surface area contributed by atoms with Gasteiger partial charge in [0.2, 0.25) is 0 Å². The van der Waals surface area contributed by atoms with Crippen molar-refractivity contribution in [1.82, 2.24) is 0 Å². The molecule has 0 heterocycles. The van der Waals surface area contributed by atoms with E-state index in [1.165, 1.54) is 0 Å². The van der Waals surface area contributed by atoms with Crippen LogP contribution >= 0.6 is 0 Å². The van der Waals surface area contributed by atoms with Crippen molar-refractivity contribution >= 4 is 5.69 Å². The number of rotatable bonds is 11. The predicted molar refractivity (Wildman–Crippen MR) is 84.0 cm³/mol. The Kier molecular flexibility index (Phi) is 8.82. The van der Waals surface area contributed by atoms with Crippen LogP contribution in [0.3, 0.4) is 0 Å². The van der Waals surface area contributed by atoms with Gasteiger partial charge in [0.05, 0.1) is 44.3 Å². The highest BCUT2D eigenvalue weighted by atomic mass is 16.5. The molecular formula is C16H27NO4. The third-order valence-corrected chi connectivity index (χ3v) is 2.70. The molecule has 0 aliphatic carbocycles. The summed E-state index contributed by atoms with van der Waals surface area (Å²) in [5, 5.41) is 13.0. The lowest BCUT2D eigenvalue weighted by atomic mass is 10.2. The van der Waals surface area contributed by atoms with Crippen LogP contribution in [0.2, 0.25) is 0 Å². The Bertz CT molecular complexity index is 384. The number of ether oxygens (including phenoxy) is 3. The van der Waals surface area contributed by atoms with E-state index in [-0.39, 0.29) is 12.7 Å². The van der Waals surface area contributed by atoms with Crippen LogP contribution in [0, 0.1) is 0 Å². The second-order valence-electron chi connectivity index (χ2n) is 4.96. The molecule has 0 saturated carbocycles. The molecule has 0 fully saturated rings. The monoisotopic (exact) mass is 297 g/mol. The fourth-order valence-corrected chi connectivity index (χ4v) is 1.74. The molecule has 0 spiro atoms. The van der Waals surface area contributed by atoms with Gasteiger partial charge < -0.3 is 24.6 Å². The van der Waals surface area contributed by atoms with Crippen molar-refractivity contribution in [3.8, 4) is 5.75 Å². The van der Waals surface area contributed by atoms with Crippen molar-refractivity contribution in [3.05, 3.63) is 24.3 Å². The second-order valence-corrected chi connectivity index (χ2v) is 4.96. The third-order valence-electron chi connectivity index (χ3n) is 2.70. The normalized spacial score (nSPS) is 12.4. The van der Waals surface area contributed by atoms with Crippen LogP contribution in [-0.4, -0.2) is 50.3 Å². The maximum Gasteiger partial charge on any atom is 0.142 e. The fourth-order valence-electron chi connectivity index (χ4n) is 1.74. The lowest BCUT2D eigenvalue weighted by Gasteiger charge is -2.16. The average Bonchev–Trinajstić information content (AvgIpc) is 2.46. The summed E-state index contributed by atoms with van der Waals surface area (Å²) in [5.74, 6) is 0.790. The molecule has 0 aromatic heterocycles. The molecule has 2 N–H and O–H groups in total. The van der Waals surface area contributed by atoms with Crippen LogP contribution in [0.1, 0.15) is 20.8 Å². The summed E-state index contributed by atoms with van der Waals surface area (Å²) in [6, 6.07) is 7.68. The zero-order valence-corrected chi connectivity index (χ0v) is 13.2. The molecule has 0 aliphatic rings. The Morgan fingerprint density at radius 2 is 1.95 bits per heavy atom. The highest BCUT2D eigenvalue weighted by Gasteiger charge is 2.07. The Labute approximate surface area is 127 Å². The van der Waals surface area contributed by atoms with Crippen LogP contribution in [0.5, 0.6) is 5.75 Å². The third kappa shape index (κ3) is 7.90. The van der Waals surface area contributed by atoms with E-state index in [9.17, 15) is 5.11 Å². The van der Waals surface area contributed by atoms with Crippen LogP contribution in [0.25, 0.3) is 0 Å². The molecule has 0 amide bonds. The van der Waals surface area contributed by atoms with E-state index < -0.39 is 6.10 Å². The van der Waals surface area contributed by atoms with Crippen molar-refractivity contribution in [1.29, 1.82) is 0 Å². The number of aliphatic hydroxyl groups excluding tert-OH is 1. The molecule has 1 atom stereocenters. The van der Waals surface area contributed by atoms with Gasteiger partial charge in [0.25, 0.3) is 0 Å². The van der Waals surface area contributed by atoms with E-state index in [0.29, 0.717) is 26.4 Å². The van der Waals surface area contributed by atoms with E-state index in [4.69, 9.17) is 14.2 Å². The number of anilines is 1. The van der Waals surface area contributed by atoms with Gasteiger partial charge in [-0.3, -0.25) is 0 Å². The molecule has 1 aromatic rings. The molecule has 1 unspecified atom stereocenters. The maximum absolute atomic E-state index is 9.87. The standard InChI is InChI=1S/C16H27NO4/c1-4-20-16-8-6-5-7-15(16)17-11-14(18)12-19-9-10-21-13(2)3/h5-8,13-14,17-18H,4,9-12H2,1-3H3. The second kappa shape index (κ2) is 10.4. The summed E-state index contributed by atoms with van der Waals surface area (Å²) >= 11 is 0. The molecule has 0 aliphatic heterocycles. The molecule has 5 heteroatoms. The minimum atomic E-state index is -0.571. The molecule has 5 nitrogen and oxygen atoms in total. The van der Waals surface area contributed by atoms with Crippen molar-refractivity contribution < 1.29 is 19.3 Å². The van der Waals surface area contributed by atoms with Crippen LogP contribution in [-0.2, 0) is 9.47 Å². The molecule has 0 saturated heterocycles. The minimum Gasteiger partial charge on any atom is -0.492 e. The predicted octanol–water partition coefficient (Wildman–Crippen LogP) is 2.30. The van der Waals surface area contributed by atoms with Crippen molar-refractivity contribution in [2.75, 3.05) is 38.3 Å². The minimum absolute atomic E-state index is 0.204. The Balaban J connectivity index is 2.22. The first kappa shape index (κ1) is 17.8. The topological polar surface area (TPSA) is 60.0 Å². The van der Waals surface area contributed by atoms with Crippen LogP contribution < -0.4 is 10.1 Å². The van der Waals surface area contributed by atoms with Gasteiger partial charge in [-0.05, 0) is 32.9 Å². The van der Waals surface area contributed by atoms with Gasteiger partial charge in [-0.2, -0.15) is 0 Å². The smallest absolute Gasteiger partial charge is 0.142 e. The van der Waals surface area contributed by atoms with E-state index in [1.807, 2.05) is 45.0 Å². The molecule has 1 aromatic carbocycles.